The zero-order valence-electron chi connectivity index (χ0n) is 8.61. The molecule has 0 fully saturated rings. The van der Waals surface area contributed by atoms with Gasteiger partial charge >= 0.3 is 5.97 Å². The monoisotopic (exact) mass is 194 g/mol. The standard InChI is InChI=1S/C10H14N2O2/c1-6(10(13)14)4-9-11-5-7(2)8(3)12-9/h5-6H,4H2,1-3H3,(H,13,14). The molecule has 4 nitrogen and oxygen atoms in total. The van der Waals surface area contributed by atoms with Gasteiger partial charge in [0.15, 0.2) is 0 Å². The minimum Gasteiger partial charge on any atom is -0.481 e. The summed E-state index contributed by atoms with van der Waals surface area (Å²) in [7, 11) is 0. The Balaban J connectivity index is 2.78. The van der Waals surface area contributed by atoms with Crippen LogP contribution in [0.4, 0.5) is 0 Å². The average Bonchev–Trinajstić information content (AvgIpc) is 2.11. The van der Waals surface area contributed by atoms with Gasteiger partial charge in [-0.2, -0.15) is 0 Å². The van der Waals surface area contributed by atoms with E-state index in [0.29, 0.717) is 12.2 Å². The number of nitrogens with zero attached hydrogens (tertiary/aromatic N) is 2. The Hall–Kier alpha value is -1.45. The number of aliphatic carboxylic acids is 1. The normalized spacial score (nSPS) is 12.5. The van der Waals surface area contributed by atoms with Crippen LogP contribution >= 0.6 is 0 Å². The van der Waals surface area contributed by atoms with Crippen LogP contribution in [0.5, 0.6) is 0 Å². The van der Waals surface area contributed by atoms with Crippen molar-refractivity contribution in [1.29, 1.82) is 0 Å². The van der Waals surface area contributed by atoms with Crippen LogP contribution in [0, 0.1) is 19.8 Å². The second-order valence-corrected chi connectivity index (χ2v) is 3.50. The van der Waals surface area contributed by atoms with E-state index in [9.17, 15) is 4.79 Å². The molecule has 0 saturated carbocycles. The van der Waals surface area contributed by atoms with E-state index in [4.69, 9.17) is 5.11 Å². The molecule has 1 heterocycles. The Bertz CT molecular complexity index is 350. The van der Waals surface area contributed by atoms with Gasteiger partial charge in [0.1, 0.15) is 5.82 Å². The van der Waals surface area contributed by atoms with Crippen LogP contribution in [0.2, 0.25) is 0 Å². The first-order valence-electron chi connectivity index (χ1n) is 4.52. The van der Waals surface area contributed by atoms with Gasteiger partial charge < -0.3 is 5.11 Å². The van der Waals surface area contributed by atoms with Gasteiger partial charge in [0.2, 0.25) is 0 Å². The van der Waals surface area contributed by atoms with Gasteiger partial charge in [-0.05, 0) is 19.4 Å². The van der Waals surface area contributed by atoms with E-state index in [1.54, 1.807) is 13.1 Å². The Morgan fingerprint density at radius 3 is 2.71 bits per heavy atom. The molecule has 0 amide bonds. The smallest absolute Gasteiger partial charge is 0.306 e. The maximum atomic E-state index is 10.6. The molecule has 1 aromatic rings. The number of hydrogen-bond acceptors (Lipinski definition) is 3. The van der Waals surface area contributed by atoms with Crippen LogP contribution in [0.25, 0.3) is 0 Å². The summed E-state index contributed by atoms with van der Waals surface area (Å²) in [5, 5.41) is 8.71. The lowest BCUT2D eigenvalue weighted by atomic mass is 10.1. The summed E-state index contributed by atoms with van der Waals surface area (Å²) >= 11 is 0. The molecule has 1 rings (SSSR count). The largest absolute Gasteiger partial charge is 0.481 e. The fraction of sp³-hybridized carbons (Fsp3) is 0.500. The minimum absolute atomic E-state index is 0.385. The van der Waals surface area contributed by atoms with Crippen LogP contribution in [-0.2, 0) is 11.2 Å². The summed E-state index contributed by atoms with van der Waals surface area (Å²) < 4.78 is 0. The summed E-state index contributed by atoms with van der Waals surface area (Å²) in [5.74, 6) is -0.646. The van der Waals surface area contributed by atoms with E-state index >= 15 is 0 Å². The number of rotatable bonds is 3. The molecule has 1 unspecified atom stereocenters. The highest BCUT2D eigenvalue weighted by atomic mass is 16.4. The maximum Gasteiger partial charge on any atom is 0.306 e. The van der Waals surface area contributed by atoms with E-state index in [0.717, 1.165) is 11.3 Å². The van der Waals surface area contributed by atoms with Crippen LogP contribution in [-0.4, -0.2) is 21.0 Å². The van der Waals surface area contributed by atoms with Crippen LogP contribution in [0.3, 0.4) is 0 Å². The minimum atomic E-state index is -0.813. The molecule has 14 heavy (non-hydrogen) atoms. The predicted octanol–water partition coefficient (Wildman–Crippen LogP) is 1.36. The first kappa shape index (κ1) is 10.6. The topological polar surface area (TPSA) is 63.1 Å². The van der Waals surface area contributed by atoms with Gasteiger partial charge in [0, 0.05) is 18.3 Å². The van der Waals surface area contributed by atoms with Gasteiger partial charge in [-0.1, -0.05) is 6.92 Å². The van der Waals surface area contributed by atoms with E-state index in [1.165, 1.54) is 0 Å². The number of carbonyl (C=O) groups is 1. The molecule has 0 aliphatic carbocycles. The van der Waals surface area contributed by atoms with Crippen molar-refractivity contribution in [3.05, 3.63) is 23.3 Å². The van der Waals surface area contributed by atoms with Gasteiger partial charge in [-0.25, -0.2) is 9.97 Å². The lowest BCUT2D eigenvalue weighted by Gasteiger charge is -2.06. The van der Waals surface area contributed by atoms with Crippen molar-refractivity contribution in [2.45, 2.75) is 27.2 Å². The molecule has 1 aromatic heterocycles. The number of aromatic nitrogens is 2. The molecular weight excluding hydrogens is 180 g/mol. The summed E-state index contributed by atoms with van der Waals surface area (Å²) in [4.78, 5) is 18.9. The zero-order chi connectivity index (χ0) is 10.7. The van der Waals surface area contributed by atoms with E-state index in [1.807, 2.05) is 13.8 Å². The first-order chi connectivity index (χ1) is 6.50. The van der Waals surface area contributed by atoms with Crippen molar-refractivity contribution >= 4 is 5.97 Å². The number of hydrogen-bond donors (Lipinski definition) is 1. The second kappa shape index (κ2) is 4.17. The van der Waals surface area contributed by atoms with Crippen LogP contribution in [0.15, 0.2) is 6.20 Å². The molecule has 0 aliphatic heterocycles. The third-order valence-corrected chi connectivity index (χ3v) is 2.19. The van der Waals surface area contributed by atoms with E-state index in [2.05, 4.69) is 9.97 Å². The quantitative estimate of drug-likeness (QED) is 0.789. The van der Waals surface area contributed by atoms with Gasteiger partial charge in [0.05, 0.1) is 5.92 Å². The highest BCUT2D eigenvalue weighted by Crippen LogP contribution is 2.07. The van der Waals surface area contributed by atoms with Crippen molar-refractivity contribution in [2.75, 3.05) is 0 Å². The lowest BCUT2D eigenvalue weighted by molar-refractivity contribution is -0.141. The van der Waals surface area contributed by atoms with Gasteiger partial charge in [-0.3, -0.25) is 4.79 Å². The molecular formula is C10H14N2O2. The zero-order valence-corrected chi connectivity index (χ0v) is 8.61. The third kappa shape index (κ3) is 2.52. The van der Waals surface area contributed by atoms with Crippen molar-refractivity contribution in [1.82, 2.24) is 9.97 Å². The Labute approximate surface area is 83.0 Å². The maximum absolute atomic E-state index is 10.6. The first-order valence-corrected chi connectivity index (χ1v) is 4.52. The molecule has 0 aromatic carbocycles. The molecule has 0 aliphatic rings. The number of aryl methyl sites for hydroxylation is 2. The highest BCUT2D eigenvalue weighted by molar-refractivity contribution is 5.69. The molecule has 0 saturated heterocycles. The lowest BCUT2D eigenvalue weighted by Crippen LogP contribution is -2.14. The molecule has 0 radical (unpaired) electrons. The molecule has 0 bridgehead atoms. The van der Waals surface area contributed by atoms with Crippen LogP contribution in [0.1, 0.15) is 24.0 Å². The fourth-order valence-electron chi connectivity index (χ4n) is 1.03. The summed E-state index contributed by atoms with van der Waals surface area (Å²) in [6.45, 7) is 5.48. The molecule has 1 atom stereocenters. The van der Waals surface area contributed by atoms with Crippen molar-refractivity contribution in [3.63, 3.8) is 0 Å². The Morgan fingerprint density at radius 2 is 2.21 bits per heavy atom. The molecule has 0 spiro atoms. The van der Waals surface area contributed by atoms with Crippen molar-refractivity contribution < 1.29 is 9.90 Å². The van der Waals surface area contributed by atoms with Crippen molar-refractivity contribution in [3.8, 4) is 0 Å². The second-order valence-electron chi connectivity index (χ2n) is 3.50. The third-order valence-electron chi connectivity index (χ3n) is 2.19. The fourth-order valence-corrected chi connectivity index (χ4v) is 1.03. The summed E-state index contributed by atoms with van der Waals surface area (Å²) in [6, 6.07) is 0. The number of carboxylic acid groups (broad SMARTS) is 1. The Morgan fingerprint density at radius 1 is 1.57 bits per heavy atom. The highest BCUT2D eigenvalue weighted by Gasteiger charge is 2.13. The number of carboxylic acids is 1. The average molecular weight is 194 g/mol. The van der Waals surface area contributed by atoms with Crippen molar-refractivity contribution in [2.24, 2.45) is 5.92 Å². The SMILES string of the molecule is Cc1cnc(CC(C)C(=O)O)nc1C. The molecule has 4 heteroatoms. The summed E-state index contributed by atoms with van der Waals surface area (Å²) in [6.07, 6.45) is 2.11. The molecule has 76 valence electrons. The van der Waals surface area contributed by atoms with Gasteiger partial charge in [0.25, 0.3) is 0 Å². The van der Waals surface area contributed by atoms with Gasteiger partial charge in [-0.15, -0.1) is 0 Å². The van der Waals surface area contributed by atoms with Crippen LogP contribution < -0.4 is 0 Å². The summed E-state index contributed by atoms with van der Waals surface area (Å²) in [5.41, 5.74) is 1.93. The Kier molecular flexibility index (Phi) is 3.17. The van der Waals surface area contributed by atoms with E-state index in [-0.39, 0.29) is 0 Å². The predicted molar refractivity (Wildman–Crippen MR) is 52.0 cm³/mol. The van der Waals surface area contributed by atoms with E-state index < -0.39 is 11.9 Å². The molecule has 1 N–H and O–H groups in total.